The summed E-state index contributed by atoms with van der Waals surface area (Å²) < 4.78 is 11.8. The fourth-order valence-electron chi connectivity index (χ4n) is 6.57. The second-order valence-corrected chi connectivity index (χ2v) is 11.9. The van der Waals surface area contributed by atoms with Crippen molar-refractivity contribution in [2.75, 3.05) is 18.5 Å². The number of carbonyl (C=O) groups is 3. The summed E-state index contributed by atoms with van der Waals surface area (Å²) in [5, 5.41) is 15.4. The number of nitrogens with zero attached hydrogens (tertiary/aromatic N) is 1. The van der Waals surface area contributed by atoms with Gasteiger partial charge in [-0.25, -0.2) is 0 Å². The molecular formula is C28H33BrN2O6. The molecule has 3 saturated heterocycles. The van der Waals surface area contributed by atoms with Crippen molar-refractivity contribution < 1.29 is 29.0 Å². The van der Waals surface area contributed by atoms with Gasteiger partial charge >= 0.3 is 5.97 Å². The number of amides is 2. The van der Waals surface area contributed by atoms with Crippen LogP contribution in [-0.2, 0) is 23.9 Å². The summed E-state index contributed by atoms with van der Waals surface area (Å²) in [6, 6.07) is 11.9. The van der Waals surface area contributed by atoms with Crippen LogP contribution in [0.1, 0.15) is 33.6 Å². The molecule has 2 N–H and O–H groups in total. The number of fused-ring (bicyclic) bond motifs is 2. The van der Waals surface area contributed by atoms with Crippen LogP contribution in [0, 0.1) is 17.8 Å². The lowest BCUT2D eigenvalue weighted by Gasteiger charge is -2.37. The smallest absolute Gasteiger partial charge is 0.312 e. The Morgan fingerprint density at radius 3 is 2.65 bits per heavy atom. The van der Waals surface area contributed by atoms with E-state index in [1.54, 1.807) is 6.92 Å². The van der Waals surface area contributed by atoms with Gasteiger partial charge in [0.1, 0.15) is 11.6 Å². The number of hydrogen-bond donors (Lipinski definition) is 2. The molecule has 9 heteroatoms. The Labute approximate surface area is 224 Å². The molecular weight excluding hydrogens is 540 g/mol. The molecule has 0 aromatic heterocycles. The summed E-state index contributed by atoms with van der Waals surface area (Å²) in [6.07, 6.45) is 0.343. The quantitative estimate of drug-likeness (QED) is 0.370. The van der Waals surface area contributed by atoms with Gasteiger partial charge in [-0.3, -0.25) is 14.4 Å². The fourth-order valence-corrected chi connectivity index (χ4v) is 7.51. The van der Waals surface area contributed by atoms with Crippen LogP contribution in [-0.4, -0.2) is 69.6 Å². The maximum atomic E-state index is 14.1. The summed E-state index contributed by atoms with van der Waals surface area (Å²) in [4.78, 5) is 42.4. The van der Waals surface area contributed by atoms with Crippen molar-refractivity contribution in [2.45, 2.75) is 62.2 Å². The molecule has 3 aliphatic heterocycles. The van der Waals surface area contributed by atoms with Gasteiger partial charge in [-0.15, -0.1) is 0 Å². The molecule has 2 aromatic carbocycles. The Morgan fingerprint density at radius 2 is 1.97 bits per heavy atom. The van der Waals surface area contributed by atoms with Crippen LogP contribution in [0.15, 0.2) is 42.5 Å². The predicted octanol–water partition coefficient (Wildman–Crippen LogP) is 3.50. The molecule has 198 valence electrons. The number of benzene rings is 2. The highest BCUT2D eigenvalue weighted by atomic mass is 79.9. The third-order valence-electron chi connectivity index (χ3n) is 7.90. The lowest BCUT2D eigenvalue weighted by Crippen LogP contribution is -2.56. The minimum absolute atomic E-state index is 0.175. The molecule has 1 unspecified atom stereocenters. The van der Waals surface area contributed by atoms with Gasteiger partial charge in [0.05, 0.1) is 37.2 Å². The van der Waals surface area contributed by atoms with Gasteiger partial charge < -0.3 is 24.8 Å². The molecule has 1 spiro atoms. The lowest BCUT2D eigenvalue weighted by molar-refractivity contribution is -0.155. The molecule has 0 aliphatic carbocycles. The summed E-state index contributed by atoms with van der Waals surface area (Å²) in [5.74, 6) is -2.70. The topological polar surface area (TPSA) is 105 Å². The van der Waals surface area contributed by atoms with Crippen molar-refractivity contribution in [2.24, 2.45) is 17.8 Å². The largest absolute Gasteiger partial charge is 0.466 e. The van der Waals surface area contributed by atoms with Crippen LogP contribution >= 0.6 is 15.9 Å². The zero-order valence-corrected chi connectivity index (χ0v) is 22.8. The van der Waals surface area contributed by atoms with E-state index in [1.165, 1.54) is 4.90 Å². The highest BCUT2D eigenvalue weighted by Crippen LogP contribution is 2.60. The molecule has 2 amide bonds. The number of anilines is 1. The van der Waals surface area contributed by atoms with Crippen LogP contribution in [0.3, 0.4) is 0 Å². The first-order valence-electron chi connectivity index (χ1n) is 12.9. The molecule has 7 atom stereocenters. The molecule has 0 radical (unpaired) electrons. The van der Waals surface area contributed by atoms with E-state index in [0.717, 1.165) is 10.8 Å². The van der Waals surface area contributed by atoms with Crippen molar-refractivity contribution >= 4 is 50.2 Å². The summed E-state index contributed by atoms with van der Waals surface area (Å²) in [5.41, 5.74) is -0.594. The first-order chi connectivity index (χ1) is 17.7. The van der Waals surface area contributed by atoms with E-state index in [2.05, 4.69) is 21.2 Å². The average Bonchev–Trinajstić information content (AvgIpc) is 3.45. The first kappa shape index (κ1) is 26.1. The number of hydrogen-bond acceptors (Lipinski definition) is 6. The minimum atomic E-state index is -1.20. The number of aliphatic hydroxyl groups is 1. The SMILES string of the molecule is CCOC(=O)[C@@H]1[C@H]2O[C@@]3(CC2Br)[C@H](C(=O)Nc2ccc4ccccc4c2)N([C@@H](CO)CC(C)C)C(=O)[C@@H]13. The van der Waals surface area contributed by atoms with E-state index in [9.17, 15) is 19.5 Å². The second kappa shape index (κ2) is 10.0. The molecule has 2 aromatic rings. The monoisotopic (exact) mass is 572 g/mol. The number of rotatable bonds is 8. The van der Waals surface area contributed by atoms with E-state index < -0.39 is 47.5 Å². The Kier molecular flexibility index (Phi) is 7.06. The Morgan fingerprint density at radius 1 is 1.24 bits per heavy atom. The number of ether oxygens (including phenoxy) is 2. The normalized spacial score (nSPS) is 31.1. The lowest BCUT2D eigenvalue weighted by atomic mass is 9.70. The van der Waals surface area contributed by atoms with Crippen molar-refractivity contribution in [1.29, 1.82) is 0 Å². The van der Waals surface area contributed by atoms with E-state index in [1.807, 2.05) is 56.3 Å². The maximum Gasteiger partial charge on any atom is 0.312 e. The third-order valence-corrected chi connectivity index (χ3v) is 8.74. The van der Waals surface area contributed by atoms with Crippen molar-refractivity contribution in [3.05, 3.63) is 42.5 Å². The van der Waals surface area contributed by atoms with Crippen LogP contribution < -0.4 is 5.32 Å². The average molecular weight is 573 g/mol. The Bertz CT molecular complexity index is 1220. The second-order valence-electron chi connectivity index (χ2n) is 10.7. The summed E-state index contributed by atoms with van der Waals surface area (Å²) >= 11 is 3.65. The van der Waals surface area contributed by atoms with Gasteiger partial charge in [-0.05, 0) is 48.6 Å². The zero-order valence-electron chi connectivity index (χ0n) is 21.2. The van der Waals surface area contributed by atoms with Crippen molar-refractivity contribution in [3.63, 3.8) is 0 Å². The van der Waals surface area contributed by atoms with E-state index in [-0.39, 0.29) is 29.9 Å². The van der Waals surface area contributed by atoms with Crippen LogP contribution in [0.2, 0.25) is 0 Å². The van der Waals surface area contributed by atoms with E-state index >= 15 is 0 Å². The van der Waals surface area contributed by atoms with Gasteiger partial charge in [-0.2, -0.15) is 0 Å². The Hall–Kier alpha value is -2.49. The predicted molar refractivity (Wildman–Crippen MR) is 142 cm³/mol. The number of halogens is 1. The fraction of sp³-hybridized carbons (Fsp3) is 0.536. The molecule has 8 nitrogen and oxygen atoms in total. The molecule has 3 aliphatic rings. The maximum absolute atomic E-state index is 14.1. The number of carbonyl (C=O) groups excluding carboxylic acids is 3. The van der Waals surface area contributed by atoms with Crippen molar-refractivity contribution in [1.82, 2.24) is 4.90 Å². The summed E-state index contributed by atoms with van der Waals surface area (Å²) in [7, 11) is 0. The van der Waals surface area contributed by atoms with Gasteiger partial charge in [0.25, 0.3) is 0 Å². The van der Waals surface area contributed by atoms with E-state index in [0.29, 0.717) is 18.5 Å². The summed E-state index contributed by atoms with van der Waals surface area (Å²) in [6.45, 7) is 5.62. The number of alkyl halides is 1. The van der Waals surface area contributed by atoms with Gasteiger partial charge in [-0.1, -0.05) is 60.1 Å². The van der Waals surface area contributed by atoms with Gasteiger partial charge in [0, 0.05) is 10.5 Å². The highest BCUT2D eigenvalue weighted by Gasteiger charge is 2.77. The van der Waals surface area contributed by atoms with Crippen LogP contribution in [0.4, 0.5) is 5.69 Å². The van der Waals surface area contributed by atoms with Gasteiger partial charge in [0.15, 0.2) is 0 Å². The number of aliphatic hydroxyl groups excluding tert-OH is 1. The zero-order chi connectivity index (χ0) is 26.5. The molecule has 3 heterocycles. The third kappa shape index (κ3) is 4.25. The molecule has 2 bridgehead atoms. The molecule has 5 rings (SSSR count). The standard InChI is InChI=1S/C28H33BrN2O6/c1-4-36-27(35)21-22-26(34)31(19(14-32)11-15(2)3)24(28(22)13-20(29)23(21)37-28)25(33)30-18-10-9-16-7-5-6-8-17(16)12-18/h5-10,12,15,19-24,32H,4,11,13-14H2,1-3H3,(H,30,33)/t19-,20?,21+,22-,23+,24+,28-/m1/s1. The molecule has 0 saturated carbocycles. The van der Waals surface area contributed by atoms with Crippen molar-refractivity contribution in [3.8, 4) is 0 Å². The minimum Gasteiger partial charge on any atom is -0.466 e. The first-order valence-corrected chi connectivity index (χ1v) is 13.8. The Balaban J connectivity index is 1.55. The molecule has 3 fully saturated rings. The van der Waals surface area contributed by atoms with Crippen LogP contribution in [0.5, 0.6) is 0 Å². The number of esters is 1. The van der Waals surface area contributed by atoms with Crippen LogP contribution in [0.25, 0.3) is 10.8 Å². The van der Waals surface area contributed by atoms with Gasteiger partial charge in [0.2, 0.25) is 11.8 Å². The highest BCUT2D eigenvalue weighted by molar-refractivity contribution is 9.09. The molecule has 37 heavy (non-hydrogen) atoms. The number of likely N-dealkylation sites (tertiary alicyclic amines) is 1. The number of nitrogens with one attached hydrogen (secondary N) is 1. The van der Waals surface area contributed by atoms with E-state index in [4.69, 9.17) is 9.47 Å².